The van der Waals surface area contributed by atoms with Gasteiger partial charge in [-0.05, 0) is 36.2 Å². The standard InChI is InChI=1S/C20H22ClN5OS/c1-2-6-17(14-7-4-3-5-8-14)23-18(27)13-28-20-25-24-19(26(20)22)15-9-11-16(21)12-10-15/h3-5,7-12,17H,2,6,13,22H2,1H3,(H,23,27)/t17-/m1/s1. The Morgan fingerprint density at radius 2 is 1.89 bits per heavy atom. The van der Waals surface area contributed by atoms with Gasteiger partial charge in [0.2, 0.25) is 11.1 Å². The van der Waals surface area contributed by atoms with E-state index in [1.807, 2.05) is 42.5 Å². The third-order valence-corrected chi connectivity index (χ3v) is 5.41. The van der Waals surface area contributed by atoms with E-state index in [2.05, 4.69) is 22.4 Å². The summed E-state index contributed by atoms with van der Waals surface area (Å²) in [5, 5.41) is 12.4. The van der Waals surface area contributed by atoms with Crippen molar-refractivity contribution < 1.29 is 4.79 Å². The monoisotopic (exact) mass is 415 g/mol. The molecule has 1 amide bonds. The number of benzene rings is 2. The van der Waals surface area contributed by atoms with Crippen molar-refractivity contribution in [1.82, 2.24) is 20.2 Å². The van der Waals surface area contributed by atoms with Crippen LogP contribution in [-0.2, 0) is 4.79 Å². The zero-order chi connectivity index (χ0) is 19.9. The summed E-state index contributed by atoms with van der Waals surface area (Å²) in [6.45, 7) is 2.10. The average Bonchev–Trinajstić information content (AvgIpc) is 3.08. The second kappa shape index (κ2) is 9.61. The van der Waals surface area contributed by atoms with Crippen LogP contribution in [0.3, 0.4) is 0 Å². The van der Waals surface area contributed by atoms with Crippen molar-refractivity contribution >= 4 is 29.3 Å². The van der Waals surface area contributed by atoms with Crippen LogP contribution in [0.5, 0.6) is 0 Å². The number of halogens is 1. The van der Waals surface area contributed by atoms with Crippen LogP contribution < -0.4 is 11.2 Å². The lowest BCUT2D eigenvalue weighted by Crippen LogP contribution is -2.30. The lowest BCUT2D eigenvalue weighted by Gasteiger charge is -2.18. The molecule has 8 heteroatoms. The van der Waals surface area contributed by atoms with E-state index in [0.717, 1.165) is 24.0 Å². The zero-order valence-electron chi connectivity index (χ0n) is 15.5. The highest BCUT2D eigenvalue weighted by molar-refractivity contribution is 7.99. The third kappa shape index (κ3) is 5.05. The van der Waals surface area contributed by atoms with Gasteiger partial charge in [-0.25, -0.2) is 4.68 Å². The molecule has 1 aromatic heterocycles. The molecule has 1 atom stereocenters. The molecule has 0 spiro atoms. The summed E-state index contributed by atoms with van der Waals surface area (Å²) < 4.78 is 1.39. The van der Waals surface area contributed by atoms with Gasteiger partial charge >= 0.3 is 0 Å². The van der Waals surface area contributed by atoms with Crippen LogP contribution in [-0.4, -0.2) is 26.5 Å². The van der Waals surface area contributed by atoms with Crippen LogP contribution in [0.25, 0.3) is 11.4 Å². The normalized spacial score (nSPS) is 11.9. The quantitative estimate of drug-likeness (QED) is 0.428. The van der Waals surface area contributed by atoms with Gasteiger partial charge in [-0.2, -0.15) is 0 Å². The van der Waals surface area contributed by atoms with Crippen molar-refractivity contribution in [2.45, 2.75) is 31.0 Å². The molecule has 3 aromatic rings. The number of hydrogen-bond acceptors (Lipinski definition) is 5. The molecule has 28 heavy (non-hydrogen) atoms. The number of thioether (sulfide) groups is 1. The Morgan fingerprint density at radius 1 is 1.18 bits per heavy atom. The van der Waals surface area contributed by atoms with Crippen LogP contribution in [0.2, 0.25) is 5.02 Å². The van der Waals surface area contributed by atoms with E-state index in [9.17, 15) is 4.79 Å². The maximum Gasteiger partial charge on any atom is 0.230 e. The average molecular weight is 416 g/mol. The Bertz CT molecular complexity index is 914. The molecule has 146 valence electrons. The van der Waals surface area contributed by atoms with E-state index >= 15 is 0 Å². The summed E-state index contributed by atoms with van der Waals surface area (Å²) in [7, 11) is 0. The van der Waals surface area contributed by atoms with Gasteiger partial charge in [0.15, 0.2) is 5.82 Å². The highest BCUT2D eigenvalue weighted by Gasteiger charge is 2.16. The van der Waals surface area contributed by atoms with Gasteiger partial charge in [-0.1, -0.05) is 67.0 Å². The van der Waals surface area contributed by atoms with E-state index in [4.69, 9.17) is 17.4 Å². The van der Waals surface area contributed by atoms with Gasteiger partial charge in [0.05, 0.1) is 11.8 Å². The first-order valence-corrected chi connectivity index (χ1v) is 10.4. The molecule has 0 unspecified atom stereocenters. The van der Waals surface area contributed by atoms with Gasteiger partial charge in [-0.15, -0.1) is 10.2 Å². The fourth-order valence-corrected chi connectivity index (χ4v) is 3.63. The molecule has 0 radical (unpaired) electrons. The fourth-order valence-electron chi connectivity index (χ4n) is 2.83. The van der Waals surface area contributed by atoms with Crippen molar-refractivity contribution in [3.05, 3.63) is 65.2 Å². The minimum atomic E-state index is -0.0663. The number of nitrogens with two attached hydrogens (primary N) is 1. The van der Waals surface area contributed by atoms with Crippen molar-refractivity contribution in [2.75, 3.05) is 11.6 Å². The van der Waals surface area contributed by atoms with E-state index in [1.54, 1.807) is 12.1 Å². The molecule has 0 saturated heterocycles. The highest BCUT2D eigenvalue weighted by Crippen LogP contribution is 2.23. The number of nitrogens with one attached hydrogen (secondary N) is 1. The molecule has 2 aromatic carbocycles. The Kier molecular flexibility index (Phi) is 6.95. The molecular formula is C20H22ClN5OS. The van der Waals surface area contributed by atoms with E-state index in [-0.39, 0.29) is 17.7 Å². The predicted octanol–water partition coefficient (Wildman–Crippen LogP) is 4.06. The van der Waals surface area contributed by atoms with Crippen LogP contribution in [0.1, 0.15) is 31.4 Å². The zero-order valence-corrected chi connectivity index (χ0v) is 17.1. The van der Waals surface area contributed by atoms with Gasteiger partial charge in [-0.3, -0.25) is 4.79 Å². The minimum Gasteiger partial charge on any atom is -0.349 e. The lowest BCUT2D eigenvalue weighted by molar-refractivity contribution is -0.119. The summed E-state index contributed by atoms with van der Waals surface area (Å²) in [5.41, 5.74) is 1.91. The van der Waals surface area contributed by atoms with Gasteiger partial charge in [0.1, 0.15) is 0 Å². The number of carbonyl (C=O) groups excluding carboxylic acids is 1. The lowest BCUT2D eigenvalue weighted by atomic mass is 10.0. The number of aromatic nitrogens is 3. The molecule has 0 aliphatic rings. The summed E-state index contributed by atoms with van der Waals surface area (Å²) in [6, 6.07) is 17.2. The van der Waals surface area contributed by atoms with Crippen LogP contribution in [0, 0.1) is 0 Å². The first kappa shape index (κ1) is 20.2. The maximum absolute atomic E-state index is 12.5. The number of hydrogen-bond donors (Lipinski definition) is 2. The Hall–Kier alpha value is -2.51. The Labute approximate surface area is 173 Å². The Balaban J connectivity index is 1.62. The molecule has 3 N–H and O–H groups in total. The molecule has 0 saturated carbocycles. The second-order valence-corrected chi connectivity index (χ2v) is 7.67. The van der Waals surface area contributed by atoms with E-state index in [0.29, 0.717) is 16.0 Å². The first-order chi connectivity index (χ1) is 13.6. The largest absolute Gasteiger partial charge is 0.349 e. The van der Waals surface area contributed by atoms with Crippen molar-refractivity contribution in [3.63, 3.8) is 0 Å². The van der Waals surface area contributed by atoms with Crippen molar-refractivity contribution in [2.24, 2.45) is 0 Å². The van der Waals surface area contributed by atoms with Gasteiger partial charge in [0, 0.05) is 10.6 Å². The second-order valence-electron chi connectivity index (χ2n) is 6.29. The van der Waals surface area contributed by atoms with Crippen LogP contribution in [0.15, 0.2) is 59.8 Å². The smallest absolute Gasteiger partial charge is 0.230 e. The summed E-state index contributed by atoms with van der Waals surface area (Å²) in [4.78, 5) is 12.5. The van der Waals surface area contributed by atoms with Gasteiger partial charge < -0.3 is 11.2 Å². The molecular weight excluding hydrogens is 394 g/mol. The van der Waals surface area contributed by atoms with Crippen LogP contribution >= 0.6 is 23.4 Å². The summed E-state index contributed by atoms with van der Waals surface area (Å²) in [6.07, 6.45) is 1.86. The Morgan fingerprint density at radius 3 is 2.57 bits per heavy atom. The molecule has 1 heterocycles. The fraction of sp³-hybridized carbons (Fsp3) is 0.250. The predicted molar refractivity (Wildman–Crippen MR) is 114 cm³/mol. The van der Waals surface area contributed by atoms with Crippen molar-refractivity contribution in [3.8, 4) is 11.4 Å². The topological polar surface area (TPSA) is 85.8 Å². The molecule has 3 rings (SSSR count). The molecule has 0 fully saturated rings. The molecule has 6 nitrogen and oxygen atoms in total. The van der Waals surface area contributed by atoms with E-state index in [1.165, 1.54) is 16.4 Å². The number of nitrogen functional groups attached to an aromatic ring is 1. The number of nitrogens with zero attached hydrogens (tertiary/aromatic N) is 3. The van der Waals surface area contributed by atoms with Crippen molar-refractivity contribution in [1.29, 1.82) is 0 Å². The summed E-state index contributed by atoms with van der Waals surface area (Å²) >= 11 is 7.17. The van der Waals surface area contributed by atoms with Crippen LogP contribution in [0.4, 0.5) is 0 Å². The number of amides is 1. The van der Waals surface area contributed by atoms with E-state index < -0.39 is 0 Å². The molecule has 0 aliphatic carbocycles. The molecule has 0 bridgehead atoms. The highest BCUT2D eigenvalue weighted by atomic mass is 35.5. The van der Waals surface area contributed by atoms with Gasteiger partial charge in [0.25, 0.3) is 0 Å². The third-order valence-electron chi connectivity index (χ3n) is 4.21. The number of carbonyl (C=O) groups is 1. The maximum atomic E-state index is 12.5. The number of rotatable bonds is 8. The SMILES string of the molecule is CCC[C@@H](NC(=O)CSc1nnc(-c2ccc(Cl)cc2)n1N)c1ccccc1. The first-order valence-electron chi connectivity index (χ1n) is 9.02. The molecule has 0 aliphatic heterocycles. The summed E-state index contributed by atoms with van der Waals surface area (Å²) in [5.74, 6) is 6.77. The minimum absolute atomic E-state index is 0.000301.